The van der Waals surface area contributed by atoms with E-state index in [2.05, 4.69) is 47.2 Å². The van der Waals surface area contributed by atoms with Crippen LogP contribution in [0.2, 0.25) is 0 Å². The zero-order valence-corrected chi connectivity index (χ0v) is 18.7. The fourth-order valence-corrected chi connectivity index (χ4v) is 7.45. The van der Waals surface area contributed by atoms with Crippen molar-refractivity contribution in [1.82, 2.24) is 0 Å². The second-order valence-electron chi connectivity index (χ2n) is 6.24. The van der Waals surface area contributed by atoms with Gasteiger partial charge in [-0.2, -0.15) is 0 Å². The van der Waals surface area contributed by atoms with Crippen molar-refractivity contribution >= 4 is 65.5 Å². The summed E-state index contributed by atoms with van der Waals surface area (Å²) in [6.45, 7) is 5.45. The van der Waals surface area contributed by atoms with E-state index in [0.717, 1.165) is 11.5 Å². The highest BCUT2D eigenvalue weighted by Crippen LogP contribution is 2.46. The molecule has 0 aliphatic heterocycles. The van der Waals surface area contributed by atoms with E-state index in [1.165, 1.54) is 39.7 Å². The van der Waals surface area contributed by atoms with Crippen LogP contribution in [0.4, 0.5) is 0 Å². The maximum Gasteiger partial charge on any atom is 0.138 e. The normalized spacial score (nSPS) is 11.5. The second-order valence-corrected chi connectivity index (χ2v) is 10.2. The van der Waals surface area contributed by atoms with E-state index < -0.39 is 0 Å². The molecule has 142 valence electrons. The topological polar surface area (TPSA) is 18.5 Å². The number of hydrogen-bond acceptors (Lipinski definition) is 6. The molecule has 0 saturated carbocycles. The zero-order chi connectivity index (χ0) is 19.1. The Balaban J connectivity index is 1.57. The maximum absolute atomic E-state index is 5.79. The van der Waals surface area contributed by atoms with Crippen LogP contribution in [0.15, 0.2) is 47.2 Å². The second kappa shape index (κ2) is 7.52. The van der Waals surface area contributed by atoms with Crippen LogP contribution in [0.1, 0.15) is 13.8 Å². The summed E-state index contributed by atoms with van der Waals surface area (Å²) in [6.07, 6.45) is 0. The quantitative estimate of drug-likeness (QED) is 0.263. The molecule has 0 saturated heterocycles. The Morgan fingerprint density at radius 1 is 0.679 bits per heavy atom. The molecule has 5 rings (SSSR count). The van der Waals surface area contributed by atoms with Gasteiger partial charge in [-0.15, -0.1) is 45.3 Å². The Morgan fingerprint density at radius 2 is 1.18 bits per heavy atom. The molecule has 0 radical (unpaired) electrons. The van der Waals surface area contributed by atoms with Gasteiger partial charge in [0, 0.05) is 19.2 Å². The van der Waals surface area contributed by atoms with Crippen molar-refractivity contribution in [3.05, 3.63) is 47.2 Å². The average molecular weight is 443 g/mol. The summed E-state index contributed by atoms with van der Waals surface area (Å²) in [5.41, 5.74) is 0. The summed E-state index contributed by atoms with van der Waals surface area (Å²) in [5, 5.41) is 6.80. The number of thiophene rings is 4. The molecule has 28 heavy (non-hydrogen) atoms. The molecule has 0 atom stereocenters. The Morgan fingerprint density at radius 3 is 1.64 bits per heavy atom. The lowest BCUT2D eigenvalue weighted by atomic mass is 10.2. The molecule has 6 heteroatoms. The molecule has 0 amide bonds. The summed E-state index contributed by atoms with van der Waals surface area (Å²) in [5.74, 6) is 1.98. The molecule has 0 aliphatic carbocycles. The van der Waals surface area contributed by atoms with Crippen LogP contribution in [0.25, 0.3) is 39.7 Å². The smallest absolute Gasteiger partial charge is 0.138 e. The van der Waals surface area contributed by atoms with Crippen molar-refractivity contribution < 1.29 is 9.47 Å². The molecule has 4 aromatic heterocycles. The molecule has 1 aromatic carbocycles. The lowest BCUT2D eigenvalue weighted by Crippen LogP contribution is -1.89. The van der Waals surface area contributed by atoms with Crippen molar-refractivity contribution in [2.45, 2.75) is 13.8 Å². The van der Waals surface area contributed by atoms with Gasteiger partial charge in [-0.05, 0) is 71.8 Å². The molecule has 4 heterocycles. The van der Waals surface area contributed by atoms with Crippen molar-refractivity contribution in [2.24, 2.45) is 0 Å². The van der Waals surface area contributed by atoms with Gasteiger partial charge in [0.2, 0.25) is 0 Å². The first-order valence-electron chi connectivity index (χ1n) is 9.15. The first-order chi connectivity index (χ1) is 13.8. The minimum absolute atomic E-state index is 0.694. The van der Waals surface area contributed by atoms with Gasteiger partial charge in [-0.3, -0.25) is 0 Å². The minimum atomic E-state index is 0.694. The molecule has 0 fully saturated rings. The van der Waals surface area contributed by atoms with Gasteiger partial charge in [0.25, 0.3) is 0 Å². The first kappa shape index (κ1) is 18.2. The van der Waals surface area contributed by atoms with Crippen LogP contribution >= 0.6 is 45.3 Å². The molecule has 0 aliphatic rings. The van der Waals surface area contributed by atoms with Crippen molar-refractivity contribution in [2.75, 3.05) is 13.2 Å². The van der Waals surface area contributed by atoms with Crippen LogP contribution in [-0.4, -0.2) is 13.2 Å². The van der Waals surface area contributed by atoms with E-state index in [1.54, 1.807) is 22.7 Å². The van der Waals surface area contributed by atoms with E-state index in [-0.39, 0.29) is 0 Å². The summed E-state index contributed by atoms with van der Waals surface area (Å²) in [4.78, 5) is 5.02. The summed E-state index contributed by atoms with van der Waals surface area (Å²) < 4.78 is 14.2. The third kappa shape index (κ3) is 3.14. The Kier molecular flexibility index (Phi) is 4.88. The first-order valence-corrected chi connectivity index (χ1v) is 12.5. The van der Waals surface area contributed by atoms with E-state index >= 15 is 0 Å². The van der Waals surface area contributed by atoms with E-state index in [9.17, 15) is 0 Å². The Bertz CT molecular complexity index is 1110. The fraction of sp³-hybridized carbons (Fsp3) is 0.182. The molecular formula is C22H18O2S4. The van der Waals surface area contributed by atoms with Crippen LogP contribution < -0.4 is 9.47 Å². The number of benzene rings is 1. The van der Waals surface area contributed by atoms with Crippen LogP contribution in [0, 0.1) is 0 Å². The predicted molar refractivity (Wildman–Crippen MR) is 126 cm³/mol. The fourth-order valence-electron chi connectivity index (χ4n) is 3.29. The SMILES string of the molecule is CCOc1ccsc1-c1cc2cc3cc(-c4sccc4OCC)sc3cc2s1. The van der Waals surface area contributed by atoms with Crippen molar-refractivity contribution in [3.8, 4) is 31.0 Å². The van der Waals surface area contributed by atoms with E-state index in [1.807, 2.05) is 36.5 Å². The maximum atomic E-state index is 5.79. The average Bonchev–Trinajstić information content (AvgIpc) is 3.45. The number of fused-ring (bicyclic) bond motifs is 2. The van der Waals surface area contributed by atoms with E-state index in [4.69, 9.17) is 9.47 Å². The molecule has 5 aromatic rings. The summed E-state index contributed by atoms with van der Waals surface area (Å²) >= 11 is 7.18. The van der Waals surface area contributed by atoms with Gasteiger partial charge in [0.15, 0.2) is 0 Å². The molecule has 2 nitrogen and oxygen atoms in total. The highest BCUT2D eigenvalue weighted by atomic mass is 32.1. The molecule has 0 N–H and O–H groups in total. The Hall–Kier alpha value is -1.86. The number of rotatable bonds is 6. The monoisotopic (exact) mass is 442 g/mol. The van der Waals surface area contributed by atoms with Gasteiger partial charge >= 0.3 is 0 Å². The number of ether oxygens (including phenoxy) is 2. The number of hydrogen-bond donors (Lipinski definition) is 0. The third-order valence-electron chi connectivity index (χ3n) is 4.46. The van der Waals surface area contributed by atoms with Gasteiger partial charge < -0.3 is 9.47 Å². The molecule has 0 bridgehead atoms. The zero-order valence-electron chi connectivity index (χ0n) is 15.5. The summed E-state index contributed by atoms with van der Waals surface area (Å²) in [7, 11) is 0. The van der Waals surface area contributed by atoms with Gasteiger partial charge in [-0.25, -0.2) is 0 Å². The van der Waals surface area contributed by atoms with Crippen molar-refractivity contribution in [1.29, 1.82) is 0 Å². The third-order valence-corrected chi connectivity index (χ3v) is 8.81. The van der Waals surface area contributed by atoms with Crippen LogP contribution in [0.5, 0.6) is 11.5 Å². The standard InChI is InChI=1S/C22H18O2S4/c1-3-23-15-5-7-25-21(15)19-10-13-9-14-11-20(28-18(14)12-17(13)27-19)22-16(24-4-2)6-8-26-22/h5-12H,3-4H2,1-2H3. The highest BCUT2D eigenvalue weighted by Gasteiger charge is 2.15. The lowest BCUT2D eigenvalue weighted by molar-refractivity contribution is 0.343. The van der Waals surface area contributed by atoms with Gasteiger partial charge in [0.1, 0.15) is 11.5 Å². The molecular weight excluding hydrogens is 425 g/mol. The van der Waals surface area contributed by atoms with Crippen LogP contribution in [-0.2, 0) is 0 Å². The molecule has 0 spiro atoms. The Labute approximate surface area is 179 Å². The molecule has 0 unspecified atom stereocenters. The van der Waals surface area contributed by atoms with Crippen molar-refractivity contribution in [3.63, 3.8) is 0 Å². The largest absolute Gasteiger partial charge is 0.492 e. The lowest BCUT2D eigenvalue weighted by Gasteiger charge is -2.01. The predicted octanol–water partition coefficient (Wildman–Crippen LogP) is 8.37. The van der Waals surface area contributed by atoms with Gasteiger partial charge in [0.05, 0.1) is 23.0 Å². The summed E-state index contributed by atoms with van der Waals surface area (Å²) in [6, 6.07) is 13.4. The van der Waals surface area contributed by atoms with Crippen LogP contribution in [0.3, 0.4) is 0 Å². The minimum Gasteiger partial charge on any atom is -0.492 e. The highest BCUT2D eigenvalue weighted by molar-refractivity contribution is 7.27. The van der Waals surface area contributed by atoms with E-state index in [0.29, 0.717) is 13.2 Å². The van der Waals surface area contributed by atoms with Gasteiger partial charge in [-0.1, -0.05) is 0 Å².